The van der Waals surface area contributed by atoms with Crippen LogP contribution in [-0.4, -0.2) is 52.1 Å². The number of anilines is 1. The zero-order valence-electron chi connectivity index (χ0n) is 22.4. The number of nitrogens with one attached hydrogen (secondary N) is 1. The predicted octanol–water partition coefficient (Wildman–Crippen LogP) is 4.83. The Balaban J connectivity index is 1.47. The number of aromatic amines is 1. The van der Waals surface area contributed by atoms with Gasteiger partial charge in [-0.1, -0.05) is 26.0 Å². The van der Waals surface area contributed by atoms with Gasteiger partial charge in [0.15, 0.2) is 0 Å². The summed E-state index contributed by atoms with van der Waals surface area (Å²) < 4.78 is 6.22. The van der Waals surface area contributed by atoms with Crippen LogP contribution in [0.5, 0.6) is 5.75 Å². The third-order valence-corrected chi connectivity index (χ3v) is 6.94. The molecule has 1 atom stereocenters. The van der Waals surface area contributed by atoms with Gasteiger partial charge in [0.1, 0.15) is 29.8 Å². The molecule has 7 heteroatoms. The molecule has 2 aromatic heterocycles. The zero-order valence-corrected chi connectivity index (χ0v) is 22.4. The van der Waals surface area contributed by atoms with Gasteiger partial charge in [0.25, 0.3) is 0 Å². The molecule has 36 heavy (non-hydrogen) atoms. The van der Waals surface area contributed by atoms with E-state index in [-0.39, 0.29) is 0 Å². The van der Waals surface area contributed by atoms with Gasteiger partial charge < -0.3 is 19.5 Å². The maximum absolute atomic E-state index is 6.22. The molecular weight excluding hydrogens is 448 g/mol. The fourth-order valence-corrected chi connectivity index (χ4v) is 5.30. The minimum Gasteiger partial charge on any atom is -0.491 e. The van der Waals surface area contributed by atoms with E-state index in [9.17, 15) is 0 Å². The quantitative estimate of drug-likeness (QED) is 0.538. The standard InChI is InChI=1S/C29H38N6O/c1-18(2)13-24-19(3)30-28(17-34(5)6)33-29(24)35-11-12-36-27-10-8-21(14-23(27)16-35)22-7-9-25-26(15-22)32-20(4)31-25/h7-10,14,18,22H,11-13,15-17H2,1-6H3,(H,31,32). The molecule has 1 aliphatic carbocycles. The van der Waals surface area contributed by atoms with Crippen molar-refractivity contribution in [3.05, 3.63) is 69.7 Å². The molecule has 1 N–H and O–H groups in total. The van der Waals surface area contributed by atoms with Gasteiger partial charge in [0, 0.05) is 41.4 Å². The maximum Gasteiger partial charge on any atom is 0.144 e. The molecule has 0 saturated carbocycles. The molecule has 0 saturated heterocycles. The topological polar surface area (TPSA) is 70.2 Å². The summed E-state index contributed by atoms with van der Waals surface area (Å²) in [5.74, 6) is 4.74. The summed E-state index contributed by atoms with van der Waals surface area (Å²) in [4.78, 5) is 22.5. The van der Waals surface area contributed by atoms with Crippen LogP contribution in [0.25, 0.3) is 6.08 Å². The van der Waals surface area contributed by atoms with E-state index in [0.717, 1.165) is 67.1 Å². The van der Waals surface area contributed by atoms with Crippen LogP contribution in [0, 0.1) is 19.8 Å². The molecule has 5 rings (SSSR count). The molecule has 0 fully saturated rings. The molecule has 0 amide bonds. The Hall–Kier alpha value is -3.19. The van der Waals surface area contributed by atoms with Crippen molar-refractivity contribution in [1.29, 1.82) is 0 Å². The number of aromatic nitrogens is 4. The van der Waals surface area contributed by atoms with Crippen LogP contribution in [-0.2, 0) is 25.9 Å². The van der Waals surface area contributed by atoms with Crippen LogP contribution < -0.4 is 9.64 Å². The van der Waals surface area contributed by atoms with Crippen molar-refractivity contribution in [3.63, 3.8) is 0 Å². The largest absolute Gasteiger partial charge is 0.491 e. The summed E-state index contributed by atoms with van der Waals surface area (Å²) in [5.41, 5.74) is 7.15. The Morgan fingerprint density at radius 2 is 2.00 bits per heavy atom. The summed E-state index contributed by atoms with van der Waals surface area (Å²) in [7, 11) is 4.12. The van der Waals surface area contributed by atoms with E-state index >= 15 is 0 Å². The molecular formula is C29H38N6O. The average molecular weight is 487 g/mol. The van der Waals surface area contributed by atoms with E-state index in [0.29, 0.717) is 18.4 Å². The number of nitrogens with zero attached hydrogens (tertiary/aromatic N) is 5. The fourth-order valence-electron chi connectivity index (χ4n) is 5.30. The van der Waals surface area contributed by atoms with Gasteiger partial charge >= 0.3 is 0 Å². The van der Waals surface area contributed by atoms with Crippen LogP contribution in [0.1, 0.15) is 65.2 Å². The summed E-state index contributed by atoms with van der Waals surface area (Å²) in [6.07, 6.45) is 6.33. The highest BCUT2D eigenvalue weighted by Crippen LogP contribution is 2.34. The van der Waals surface area contributed by atoms with Crippen molar-refractivity contribution in [1.82, 2.24) is 24.8 Å². The molecule has 0 bridgehead atoms. The van der Waals surface area contributed by atoms with Gasteiger partial charge in [-0.25, -0.2) is 15.0 Å². The first-order valence-electron chi connectivity index (χ1n) is 13.0. The lowest BCUT2D eigenvalue weighted by atomic mass is 9.88. The van der Waals surface area contributed by atoms with Crippen molar-refractivity contribution in [2.24, 2.45) is 5.92 Å². The molecule has 7 nitrogen and oxygen atoms in total. The smallest absolute Gasteiger partial charge is 0.144 e. The lowest BCUT2D eigenvalue weighted by molar-refractivity contribution is 0.331. The Kier molecular flexibility index (Phi) is 6.84. The van der Waals surface area contributed by atoms with E-state index in [1.807, 2.05) is 6.92 Å². The molecule has 3 heterocycles. The maximum atomic E-state index is 6.22. The normalized spacial score (nSPS) is 17.2. The van der Waals surface area contributed by atoms with Gasteiger partial charge in [-0.05, 0) is 64.1 Å². The van der Waals surface area contributed by atoms with Gasteiger partial charge in [0.05, 0.1) is 18.8 Å². The molecule has 2 aliphatic rings. The van der Waals surface area contributed by atoms with Crippen molar-refractivity contribution in [3.8, 4) is 5.75 Å². The first-order chi connectivity index (χ1) is 17.3. The summed E-state index contributed by atoms with van der Waals surface area (Å²) in [6, 6.07) is 6.69. The van der Waals surface area contributed by atoms with Crippen molar-refractivity contribution in [2.75, 3.05) is 32.1 Å². The number of allylic oxidation sites excluding steroid dienone is 1. The number of hydrogen-bond donors (Lipinski definition) is 1. The second kappa shape index (κ2) is 10.1. The molecule has 3 aromatic rings. The first kappa shape index (κ1) is 24.5. The molecule has 1 aliphatic heterocycles. The van der Waals surface area contributed by atoms with Gasteiger partial charge in [-0.2, -0.15) is 0 Å². The summed E-state index contributed by atoms with van der Waals surface area (Å²) in [5, 5.41) is 0. The Labute approximate surface area is 214 Å². The molecule has 0 spiro atoms. The van der Waals surface area contributed by atoms with Gasteiger partial charge in [0.2, 0.25) is 0 Å². The third kappa shape index (κ3) is 5.16. The summed E-state index contributed by atoms with van der Waals surface area (Å²) in [6.45, 7) is 11.6. The lowest BCUT2D eigenvalue weighted by Crippen LogP contribution is -2.29. The highest BCUT2D eigenvalue weighted by atomic mass is 16.5. The van der Waals surface area contributed by atoms with Crippen LogP contribution in [0.15, 0.2) is 24.3 Å². The minimum absolute atomic E-state index is 0.323. The average Bonchev–Trinajstić information content (AvgIpc) is 3.05. The number of aryl methyl sites for hydroxylation is 2. The molecule has 0 radical (unpaired) electrons. The number of hydrogen-bond acceptors (Lipinski definition) is 6. The molecule has 1 unspecified atom stereocenters. The monoisotopic (exact) mass is 486 g/mol. The van der Waals surface area contributed by atoms with E-state index in [4.69, 9.17) is 14.7 Å². The van der Waals surface area contributed by atoms with Crippen molar-refractivity contribution >= 4 is 11.9 Å². The van der Waals surface area contributed by atoms with E-state index < -0.39 is 0 Å². The molecule has 1 aromatic carbocycles. The highest BCUT2D eigenvalue weighted by Gasteiger charge is 2.24. The van der Waals surface area contributed by atoms with Crippen molar-refractivity contribution in [2.45, 2.75) is 59.5 Å². The summed E-state index contributed by atoms with van der Waals surface area (Å²) >= 11 is 0. The SMILES string of the molecule is Cc1nc2c([nH]1)CC(c1ccc3c(c1)CN(c1nc(CN(C)C)nc(C)c1CC(C)C)CCO3)C=C2. The number of benzene rings is 1. The number of rotatable bonds is 6. The Bertz CT molecular complexity index is 1280. The first-order valence-corrected chi connectivity index (χ1v) is 13.0. The zero-order chi connectivity index (χ0) is 25.4. The van der Waals surface area contributed by atoms with Gasteiger partial charge in [-0.3, -0.25) is 0 Å². The highest BCUT2D eigenvalue weighted by molar-refractivity contribution is 5.56. The Morgan fingerprint density at radius 1 is 1.17 bits per heavy atom. The second-order valence-electron chi connectivity index (χ2n) is 10.9. The minimum atomic E-state index is 0.323. The van der Waals surface area contributed by atoms with Crippen LogP contribution in [0.2, 0.25) is 0 Å². The third-order valence-electron chi connectivity index (χ3n) is 6.94. The van der Waals surface area contributed by atoms with Crippen LogP contribution in [0.4, 0.5) is 5.82 Å². The molecule has 190 valence electrons. The van der Waals surface area contributed by atoms with Gasteiger partial charge in [-0.15, -0.1) is 0 Å². The second-order valence-corrected chi connectivity index (χ2v) is 10.9. The van der Waals surface area contributed by atoms with Crippen LogP contribution in [0.3, 0.4) is 0 Å². The van der Waals surface area contributed by atoms with E-state index in [1.54, 1.807) is 0 Å². The predicted molar refractivity (Wildman–Crippen MR) is 144 cm³/mol. The number of H-pyrrole nitrogens is 1. The fraction of sp³-hybridized carbons (Fsp3) is 0.483. The van der Waals surface area contributed by atoms with Crippen LogP contribution >= 0.6 is 0 Å². The number of fused-ring (bicyclic) bond motifs is 2. The lowest BCUT2D eigenvalue weighted by Gasteiger charge is -2.26. The Morgan fingerprint density at radius 3 is 2.78 bits per heavy atom. The van der Waals surface area contributed by atoms with E-state index in [2.05, 4.69) is 85.0 Å². The van der Waals surface area contributed by atoms with E-state index in [1.165, 1.54) is 22.4 Å². The number of ether oxygens (including phenoxy) is 1. The van der Waals surface area contributed by atoms with Crippen molar-refractivity contribution < 1.29 is 4.74 Å². The number of imidazole rings is 1.